The standard InChI is InChI=1S/C18H14FN3O2/c1-2-17(24)22-16-9-11(3-5-14(16)19)12-4-6-15(21-10-23)18-13(12)7-8-20-18/h2-10,20H,1H2,(H,21,23)(H,22,24). The number of anilines is 2. The van der Waals surface area contributed by atoms with Gasteiger partial charge in [0, 0.05) is 11.6 Å². The van der Waals surface area contributed by atoms with Crippen LogP contribution in [0.1, 0.15) is 0 Å². The summed E-state index contributed by atoms with van der Waals surface area (Å²) < 4.78 is 13.9. The van der Waals surface area contributed by atoms with E-state index in [2.05, 4.69) is 22.2 Å². The van der Waals surface area contributed by atoms with Crippen LogP contribution in [-0.2, 0) is 9.59 Å². The van der Waals surface area contributed by atoms with Crippen LogP contribution in [0, 0.1) is 5.82 Å². The number of aromatic amines is 1. The largest absolute Gasteiger partial charge is 0.359 e. The van der Waals surface area contributed by atoms with Crippen LogP contribution < -0.4 is 10.6 Å². The second-order valence-electron chi connectivity index (χ2n) is 5.08. The van der Waals surface area contributed by atoms with E-state index in [0.717, 1.165) is 28.1 Å². The second-order valence-corrected chi connectivity index (χ2v) is 5.08. The normalized spacial score (nSPS) is 10.4. The van der Waals surface area contributed by atoms with Crippen LogP contribution in [0.5, 0.6) is 0 Å². The molecule has 0 unspecified atom stereocenters. The van der Waals surface area contributed by atoms with Gasteiger partial charge < -0.3 is 15.6 Å². The number of hydrogen-bond donors (Lipinski definition) is 3. The average Bonchev–Trinajstić information content (AvgIpc) is 3.07. The molecule has 3 N–H and O–H groups in total. The third kappa shape index (κ3) is 2.77. The van der Waals surface area contributed by atoms with E-state index >= 15 is 0 Å². The second kappa shape index (κ2) is 6.37. The molecule has 5 nitrogen and oxygen atoms in total. The first-order chi connectivity index (χ1) is 11.6. The highest BCUT2D eigenvalue weighted by Crippen LogP contribution is 2.34. The SMILES string of the molecule is C=CC(=O)Nc1cc(-c2ccc(NC=O)c3[nH]ccc23)ccc1F. The number of benzene rings is 2. The number of carbonyl (C=O) groups excluding carboxylic acids is 2. The first-order valence-corrected chi connectivity index (χ1v) is 7.17. The van der Waals surface area contributed by atoms with E-state index in [1.165, 1.54) is 6.07 Å². The summed E-state index contributed by atoms with van der Waals surface area (Å²) in [7, 11) is 0. The minimum Gasteiger partial charge on any atom is -0.359 e. The predicted octanol–water partition coefficient (Wildman–Crippen LogP) is 3.67. The van der Waals surface area contributed by atoms with Crippen molar-refractivity contribution in [2.24, 2.45) is 0 Å². The number of halogens is 1. The minimum atomic E-state index is -0.529. The van der Waals surface area contributed by atoms with Crippen molar-refractivity contribution in [3.8, 4) is 11.1 Å². The monoisotopic (exact) mass is 323 g/mol. The van der Waals surface area contributed by atoms with Gasteiger partial charge in [0.1, 0.15) is 5.82 Å². The van der Waals surface area contributed by atoms with Crippen molar-refractivity contribution < 1.29 is 14.0 Å². The first kappa shape index (κ1) is 15.5. The summed E-state index contributed by atoms with van der Waals surface area (Å²) in [5.74, 6) is -1.01. The Balaban J connectivity index is 2.11. The molecule has 0 bridgehead atoms. The quantitative estimate of drug-likeness (QED) is 0.495. The van der Waals surface area contributed by atoms with Crippen molar-refractivity contribution in [1.29, 1.82) is 0 Å². The van der Waals surface area contributed by atoms with Gasteiger partial charge in [-0.2, -0.15) is 0 Å². The molecular formula is C18H14FN3O2. The van der Waals surface area contributed by atoms with Crippen LogP contribution in [0.2, 0.25) is 0 Å². The van der Waals surface area contributed by atoms with Crippen LogP contribution in [0.3, 0.4) is 0 Å². The van der Waals surface area contributed by atoms with Gasteiger partial charge in [0.25, 0.3) is 0 Å². The molecule has 0 aliphatic heterocycles. The Morgan fingerprint density at radius 1 is 1.17 bits per heavy atom. The topological polar surface area (TPSA) is 74.0 Å². The van der Waals surface area contributed by atoms with Crippen molar-refractivity contribution in [1.82, 2.24) is 4.98 Å². The maximum absolute atomic E-state index is 13.9. The van der Waals surface area contributed by atoms with Crippen LogP contribution in [-0.4, -0.2) is 17.3 Å². The summed E-state index contributed by atoms with van der Waals surface area (Å²) in [6, 6.07) is 9.94. The highest BCUT2D eigenvalue weighted by atomic mass is 19.1. The molecule has 1 aromatic heterocycles. The highest BCUT2D eigenvalue weighted by molar-refractivity contribution is 6.04. The smallest absolute Gasteiger partial charge is 0.247 e. The molecule has 6 heteroatoms. The van der Waals surface area contributed by atoms with Crippen molar-refractivity contribution in [3.63, 3.8) is 0 Å². The molecule has 2 aromatic carbocycles. The molecule has 0 aliphatic carbocycles. The number of fused-ring (bicyclic) bond motifs is 1. The fraction of sp³-hybridized carbons (Fsp3) is 0. The van der Waals surface area contributed by atoms with Crippen LogP contribution in [0.15, 0.2) is 55.3 Å². The molecule has 0 saturated carbocycles. The Kier molecular flexibility index (Phi) is 4.11. The molecule has 120 valence electrons. The van der Waals surface area contributed by atoms with Gasteiger partial charge in [-0.1, -0.05) is 18.7 Å². The predicted molar refractivity (Wildman–Crippen MR) is 92.2 cm³/mol. The van der Waals surface area contributed by atoms with Crippen LogP contribution in [0.4, 0.5) is 15.8 Å². The van der Waals surface area contributed by atoms with Crippen LogP contribution >= 0.6 is 0 Å². The summed E-state index contributed by atoms with van der Waals surface area (Å²) in [5.41, 5.74) is 3.07. The molecule has 0 fully saturated rings. The third-order valence-electron chi connectivity index (χ3n) is 3.66. The van der Waals surface area contributed by atoms with E-state index in [4.69, 9.17) is 0 Å². The lowest BCUT2D eigenvalue weighted by molar-refractivity contribution is -0.112. The lowest BCUT2D eigenvalue weighted by Crippen LogP contribution is -2.08. The zero-order valence-electron chi connectivity index (χ0n) is 12.6. The van der Waals surface area contributed by atoms with E-state index < -0.39 is 11.7 Å². The van der Waals surface area contributed by atoms with Gasteiger partial charge >= 0.3 is 0 Å². The van der Waals surface area contributed by atoms with Gasteiger partial charge in [-0.3, -0.25) is 9.59 Å². The van der Waals surface area contributed by atoms with Gasteiger partial charge in [0.05, 0.1) is 16.9 Å². The van der Waals surface area contributed by atoms with Gasteiger partial charge in [0.2, 0.25) is 12.3 Å². The van der Waals surface area contributed by atoms with Crippen molar-refractivity contribution in [3.05, 3.63) is 61.1 Å². The Morgan fingerprint density at radius 2 is 2.00 bits per heavy atom. The zero-order valence-corrected chi connectivity index (χ0v) is 12.6. The molecular weight excluding hydrogens is 309 g/mol. The highest BCUT2D eigenvalue weighted by Gasteiger charge is 2.12. The molecule has 1 heterocycles. The van der Waals surface area contributed by atoms with E-state index in [-0.39, 0.29) is 5.69 Å². The van der Waals surface area contributed by atoms with E-state index in [9.17, 15) is 14.0 Å². The number of rotatable bonds is 5. The fourth-order valence-corrected chi connectivity index (χ4v) is 2.56. The molecule has 24 heavy (non-hydrogen) atoms. The number of amides is 2. The average molecular weight is 323 g/mol. The van der Waals surface area contributed by atoms with Crippen molar-refractivity contribution >= 4 is 34.6 Å². The number of hydrogen-bond acceptors (Lipinski definition) is 2. The van der Waals surface area contributed by atoms with Crippen molar-refractivity contribution in [2.45, 2.75) is 0 Å². The molecule has 0 aliphatic rings. The molecule has 0 atom stereocenters. The summed E-state index contributed by atoms with van der Waals surface area (Å²) in [4.78, 5) is 25.2. The van der Waals surface area contributed by atoms with Gasteiger partial charge in [0.15, 0.2) is 0 Å². The summed E-state index contributed by atoms with van der Waals surface area (Å²) >= 11 is 0. The van der Waals surface area contributed by atoms with Crippen LogP contribution in [0.25, 0.3) is 22.0 Å². The Labute approximate surface area is 137 Å². The zero-order chi connectivity index (χ0) is 17.1. The number of carbonyl (C=O) groups is 2. The van der Waals surface area contributed by atoms with E-state index in [0.29, 0.717) is 12.1 Å². The Morgan fingerprint density at radius 3 is 2.75 bits per heavy atom. The van der Waals surface area contributed by atoms with E-state index in [1.807, 2.05) is 12.1 Å². The van der Waals surface area contributed by atoms with Gasteiger partial charge in [-0.05, 0) is 41.5 Å². The summed E-state index contributed by atoms with van der Waals surface area (Å²) in [5, 5.41) is 5.94. The maximum Gasteiger partial charge on any atom is 0.247 e. The first-order valence-electron chi connectivity index (χ1n) is 7.17. The molecule has 0 radical (unpaired) electrons. The Hall–Kier alpha value is -3.41. The minimum absolute atomic E-state index is 0.0798. The number of nitrogens with one attached hydrogen (secondary N) is 3. The van der Waals surface area contributed by atoms with Crippen molar-refractivity contribution in [2.75, 3.05) is 10.6 Å². The lowest BCUT2D eigenvalue weighted by atomic mass is 10.00. The number of H-pyrrole nitrogens is 1. The molecule has 0 saturated heterocycles. The maximum atomic E-state index is 13.9. The third-order valence-corrected chi connectivity index (χ3v) is 3.66. The lowest BCUT2D eigenvalue weighted by Gasteiger charge is -2.10. The summed E-state index contributed by atoms with van der Waals surface area (Å²) in [6.07, 6.45) is 3.44. The number of aromatic nitrogens is 1. The van der Waals surface area contributed by atoms with Gasteiger partial charge in [-0.25, -0.2) is 4.39 Å². The molecule has 2 amide bonds. The van der Waals surface area contributed by atoms with E-state index in [1.54, 1.807) is 24.4 Å². The van der Waals surface area contributed by atoms with Gasteiger partial charge in [-0.15, -0.1) is 0 Å². The molecule has 3 aromatic rings. The fourth-order valence-electron chi connectivity index (χ4n) is 2.56. The molecule has 0 spiro atoms. The summed E-state index contributed by atoms with van der Waals surface area (Å²) in [6.45, 7) is 3.35. The Bertz CT molecular complexity index is 947. The molecule has 3 rings (SSSR count).